The minimum absolute atomic E-state index is 0.00163. The van der Waals surface area contributed by atoms with Crippen molar-refractivity contribution in [3.8, 4) is 0 Å². The molecular formula is C26H24FN2O2S. The molecule has 1 unspecified atom stereocenters. The van der Waals surface area contributed by atoms with E-state index in [1.165, 1.54) is 11.5 Å². The fourth-order valence-electron chi connectivity index (χ4n) is 4.06. The average Bonchev–Trinajstić information content (AvgIpc) is 3.30. The minimum Gasteiger partial charge on any atom is -0.364 e. The fraction of sp³-hybridized carbons (Fsp3) is 0.192. The molecule has 1 fully saturated rings. The van der Waals surface area contributed by atoms with Crippen LogP contribution in [-0.2, 0) is 16.5 Å². The maximum Gasteiger partial charge on any atom is 0.144 e. The summed E-state index contributed by atoms with van der Waals surface area (Å²) in [6.07, 6.45) is 3.81. The number of aromatic nitrogens is 1. The number of anilines is 1. The van der Waals surface area contributed by atoms with Crippen molar-refractivity contribution in [3.63, 3.8) is 0 Å². The monoisotopic (exact) mass is 447 g/mol. The van der Waals surface area contributed by atoms with Gasteiger partial charge in [-0.1, -0.05) is 42.5 Å². The van der Waals surface area contributed by atoms with Crippen LogP contribution in [0.2, 0.25) is 0 Å². The molecule has 1 aliphatic heterocycles. The SMILES string of the molecule is O=[SH](=O)Cc1[c]ccc(N2CCCC2c2cccc(F)c2)c1.c1ccc2ncccc2c1. The van der Waals surface area contributed by atoms with Gasteiger partial charge >= 0.3 is 0 Å². The highest BCUT2D eigenvalue weighted by molar-refractivity contribution is 7.71. The van der Waals surface area contributed by atoms with Crippen molar-refractivity contribution in [2.24, 2.45) is 0 Å². The summed E-state index contributed by atoms with van der Waals surface area (Å²) < 4.78 is 35.2. The third-order valence-electron chi connectivity index (χ3n) is 5.47. The second kappa shape index (κ2) is 10.4. The third-order valence-corrected chi connectivity index (χ3v) is 6.07. The van der Waals surface area contributed by atoms with Crippen molar-refractivity contribution in [1.29, 1.82) is 0 Å². The molecule has 1 aliphatic rings. The summed E-state index contributed by atoms with van der Waals surface area (Å²) in [4.78, 5) is 6.39. The highest BCUT2D eigenvalue weighted by Crippen LogP contribution is 2.36. The molecule has 4 nitrogen and oxygen atoms in total. The van der Waals surface area contributed by atoms with Gasteiger partial charge in [0, 0.05) is 23.8 Å². The fourth-order valence-corrected chi connectivity index (χ4v) is 4.52. The molecule has 0 amide bonds. The van der Waals surface area contributed by atoms with Crippen LogP contribution in [0.3, 0.4) is 0 Å². The van der Waals surface area contributed by atoms with Crippen molar-refractivity contribution in [3.05, 3.63) is 108 Å². The Hall–Kier alpha value is -3.25. The summed E-state index contributed by atoms with van der Waals surface area (Å²) in [5.74, 6) is -0.225. The average molecular weight is 448 g/mol. The number of thiol groups is 1. The standard InChI is InChI=1S/C17H17FNO2S.C9H7N/c18-15-6-2-5-14(11-15)17-8-3-9-19(17)16-7-1-4-13(10-16)12-22(20)21;1-2-6-9-8(4-1)5-3-7-10-9/h1-2,5-7,10-11,17,22H,3,8-9,12H2;1-7H. The summed E-state index contributed by atoms with van der Waals surface area (Å²) in [7, 11) is -2.46. The molecule has 163 valence electrons. The second-order valence-corrected chi connectivity index (χ2v) is 8.65. The van der Waals surface area contributed by atoms with Crippen LogP contribution in [0.15, 0.2) is 85.1 Å². The van der Waals surface area contributed by atoms with Gasteiger partial charge in [-0.05, 0) is 66.4 Å². The summed E-state index contributed by atoms with van der Waals surface area (Å²) in [6, 6.07) is 27.4. The zero-order valence-electron chi connectivity index (χ0n) is 17.5. The van der Waals surface area contributed by atoms with Crippen LogP contribution >= 0.6 is 0 Å². The van der Waals surface area contributed by atoms with Crippen LogP contribution in [0.25, 0.3) is 10.9 Å². The van der Waals surface area contributed by atoms with Crippen molar-refractivity contribution in [1.82, 2.24) is 4.98 Å². The lowest BCUT2D eigenvalue weighted by Gasteiger charge is -2.27. The number of para-hydroxylation sites is 1. The molecule has 6 heteroatoms. The summed E-state index contributed by atoms with van der Waals surface area (Å²) in [5, 5.41) is 1.20. The molecule has 32 heavy (non-hydrogen) atoms. The van der Waals surface area contributed by atoms with Gasteiger partial charge in [-0.15, -0.1) is 0 Å². The molecular weight excluding hydrogens is 423 g/mol. The Kier molecular flexibility index (Phi) is 7.12. The Morgan fingerprint density at radius 1 is 1.03 bits per heavy atom. The highest BCUT2D eigenvalue weighted by Gasteiger charge is 2.26. The Bertz CT molecular complexity index is 1200. The van der Waals surface area contributed by atoms with Crippen LogP contribution in [0, 0.1) is 11.9 Å². The minimum atomic E-state index is -2.46. The van der Waals surface area contributed by atoms with Crippen molar-refractivity contribution < 1.29 is 12.8 Å². The molecule has 4 aromatic rings. The van der Waals surface area contributed by atoms with Gasteiger partial charge in [0.2, 0.25) is 0 Å². The van der Waals surface area contributed by atoms with Gasteiger partial charge in [-0.2, -0.15) is 0 Å². The Balaban J connectivity index is 0.000000203. The summed E-state index contributed by atoms with van der Waals surface area (Å²) in [5.41, 5.74) is 3.66. The largest absolute Gasteiger partial charge is 0.364 e. The van der Waals surface area contributed by atoms with Gasteiger partial charge in [0.25, 0.3) is 0 Å². The number of fused-ring (bicyclic) bond motifs is 1. The van der Waals surface area contributed by atoms with E-state index < -0.39 is 10.7 Å². The number of halogens is 1. The number of rotatable bonds is 4. The van der Waals surface area contributed by atoms with Gasteiger partial charge in [0.15, 0.2) is 0 Å². The predicted molar refractivity (Wildman–Crippen MR) is 127 cm³/mol. The first-order valence-electron chi connectivity index (χ1n) is 10.5. The van der Waals surface area contributed by atoms with E-state index in [2.05, 4.69) is 28.1 Å². The smallest absolute Gasteiger partial charge is 0.144 e. The van der Waals surface area contributed by atoms with E-state index in [4.69, 9.17) is 0 Å². The van der Waals surface area contributed by atoms with E-state index in [0.29, 0.717) is 5.56 Å². The first kappa shape index (κ1) is 22.0. The second-order valence-electron chi connectivity index (χ2n) is 7.67. The molecule has 1 radical (unpaired) electrons. The molecule has 2 heterocycles. The maximum absolute atomic E-state index is 13.5. The summed E-state index contributed by atoms with van der Waals surface area (Å²) in [6.45, 7) is 0.883. The lowest BCUT2D eigenvalue weighted by atomic mass is 10.0. The van der Waals surface area contributed by atoms with Crippen molar-refractivity contribution >= 4 is 27.3 Å². The third kappa shape index (κ3) is 5.51. The topological polar surface area (TPSA) is 50.3 Å². The lowest BCUT2D eigenvalue weighted by Crippen LogP contribution is -2.22. The molecule has 0 saturated carbocycles. The number of pyridine rings is 1. The molecule has 3 aromatic carbocycles. The van der Waals surface area contributed by atoms with Gasteiger partial charge in [-0.25, -0.2) is 12.8 Å². The molecule has 5 rings (SSSR count). The predicted octanol–water partition coefficient (Wildman–Crippen LogP) is 5.31. The Labute approximate surface area is 189 Å². The van der Waals surface area contributed by atoms with Gasteiger partial charge in [0.1, 0.15) is 16.5 Å². The highest BCUT2D eigenvalue weighted by atomic mass is 32.2. The number of benzene rings is 3. The van der Waals surface area contributed by atoms with E-state index in [1.54, 1.807) is 18.2 Å². The van der Waals surface area contributed by atoms with E-state index in [-0.39, 0.29) is 17.6 Å². The quantitative estimate of drug-likeness (QED) is 0.431. The van der Waals surface area contributed by atoms with Crippen LogP contribution in [-0.4, -0.2) is 19.9 Å². The maximum atomic E-state index is 13.5. The first-order chi connectivity index (χ1) is 15.6. The molecule has 0 bridgehead atoms. The van der Waals surface area contributed by atoms with Crippen molar-refractivity contribution in [2.75, 3.05) is 11.4 Å². The van der Waals surface area contributed by atoms with Crippen LogP contribution < -0.4 is 4.90 Å². The molecule has 0 N–H and O–H groups in total. The summed E-state index contributed by atoms with van der Waals surface area (Å²) >= 11 is 0. The van der Waals surface area contributed by atoms with Crippen LogP contribution in [0.1, 0.15) is 30.0 Å². The van der Waals surface area contributed by atoms with E-state index in [0.717, 1.165) is 36.2 Å². The number of hydrogen-bond donors (Lipinski definition) is 1. The van der Waals surface area contributed by atoms with Crippen LogP contribution in [0.5, 0.6) is 0 Å². The zero-order valence-corrected chi connectivity index (χ0v) is 18.4. The van der Waals surface area contributed by atoms with E-state index >= 15 is 0 Å². The van der Waals surface area contributed by atoms with Crippen LogP contribution in [0.4, 0.5) is 10.1 Å². The lowest BCUT2D eigenvalue weighted by molar-refractivity contribution is 0.613. The van der Waals surface area contributed by atoms with Gasteiger partial charge < -0.3 is 4.90 Å². The molecule has 1 atom stereocenters. The number of hydrogen-bond acceptors (Lipinski definition) is 4. The Morgan fingerprint density at radius 2 is 1.88 bits per heavy atom. The molecule has 1 aromatic heterocycles. The normalized spacial score (nSPS) is 15.6. The molecule has 0 spiro atoms. The molecule has 1 saturated heterocycles. The van der Waals surface area contributed by atoms with Gasteiger partial charge in [0.05, 0.1) is 17.3 Å². The van der Waals surface area contributed by atoms with Crippen molar-refractivity contribution in [2.45, 2.75) is 24.6 Å². The Morgan fingerprint density at radius 3 is 2.69 bits per heavy atom. The molecule has 0 aliphatic carbocycles. The van der Waals surface area contributed by atoms with E-state index in [9.17, 15) is 12.8 Å². The van der Waals surface area contributed by atoms with E-state index in [1.807, 2.05) is 48.7 Å². The zero-order chi connectivity index (χ0) is 22.3. The van der Waals surface area contributed by atoms with Gasteiger partial charge in [-0.3, -0.25) is 4.98 Å². The number of nitrogens with zero attached hydrogens (tertiary/aromatic N) is 2. The first-order valence-corrected chi connectivity index (χ1v) is 11.9.